The molecule has 25 heavy (non-hydrogen) atoms. The molecule has 1 amide bonds. The number of carbonyl (C=O) groups excluding carboxylic acids is 1. The first kappa shape index (κ1) is 18.9. The summed E-state index contributed by atoms with van der Waals surface area (Å²) >= 11 is 0. The summed E-state index contributed by atoms with van der Waals surface area (Å²) in [6, 6.07) is 7.55. The molecule has 2 rings (SSSR count). The molecule has 0 atom stereocenters. The van der Waals surface area contributed by atoms with Gasteiger partial charge in [-0.2, -0.15) is 4.98 Å². The Morgan fingerprint density at radius 3 is 2.44 bits per heavy atom. The van der Waals surface area contributed by atoms with Gasteiger partial charge < -0.3 is 14.2 Å². The van der Waals surface area contributed by atoms with Gasteiger partial charge in [-0.3, -0.25) is 9.69 Å². The van der Waals surface area contributed by atoms with E-state index in [9.17, 15) is 4.79 Å². The highest BCUT2D eigenvalue weighted by atomic mass is 16.5. The Morgan fingerprint density at radius 2 is 1.84 bits per heavy atom. The molecule has 0 aliphatic carbocycles. The average molecular weight is 346 g/mol. The summed E-state index contributed by atoms with van der Waals surface area (Å²) in [4.78, 5) is 20.2. The number of likely N-dealkylation sites (N-methyl/N-ethyl adjacent to an activating group) is 2. The molecule has 0 bridgehead atoms. The minimum atomic E-state index is 0.0961. The van der Waals surface area contributed by atoms with Crippen molar-refractivity contribution >= 4 is 5.91 Å². The Kier molecular flexibility index (Phi) is 6.94. The highest BCUT2D eigenvalue weighted by molar-refractivity contribution is 5.78. The van der Waals surface area contributed by atoms with Gasteiger partial charge >= 0.3 is 0 Å². The predicted octanol–water partition coefficient (Wildman–Crippen LogP) is 2.44. The standard InChI is InChI=1S/C18H26N4O3/c1-5-22(6-2)17(23)13-21(4)12-16-19-18(20-25-16)14-8-10-15(11-9-14)24-7-3/h8-11H,5-7,12-13H2,1-4H3. The third-order valence-corrected chi connectivity index (χ3v) is 3.82. The van der Waals surface area contributed by atoms with Crippen LogP contribution in [0.2, 0.25) is 0 Å². The van der Waals surface area contributed by atoms with Gasteiger partial charge in [0.05, 0.1) is 19.7 Å². The van der Waals surface area contributed by atoms with E-state index in [1.807, 2.05) is 57.0 Å². The van der Waals surface area contributed by atoms with Crippen molar-refractivity contribution in [1.29, 1.82) is 0 Å². The third kappa shape index (κ3) is 5.29. The zero-order valence-electron chi connectivity index (χ0n) is 15.4. The second kappa shape index (κ2) is 9.17. The van der Waals surface area contributed by atoms with Gasteiger partial charge in [-0.15, -0.1) is 0 Å². The molecule has 0 fully saturated rings. The van der Waals surface area contributed by atoms with Crippen molar-refractivity contribution in [3.8, 4) is 17.1 Å². The first-order valence-electron chi connectivity index (χ1n) is 8.59. The number of ether oxygens (including phenoxy) is 1. The SMILES string of the molecule is CCOc1ccc(-c2noc(CN(C)CC(=O)N(CC)CC)n2)cc1. The van der Waals surface area contributed by atoms with Crippen molar-refractivity contribution in [1.82, 2.24) is 19.9 Å². The van der Waals surface area contributed by atoms with Crippen LogP contribution >= 0.6 is 0 Å². The molecular formula is C18H26N4O3. The number of amides is 1. The highest BCUT2D eigenvalue weighted by Crippen LogP contribution is 2.20. The summed E-state index contributed by atoms with van der Waals surface area (Å²) in [5, 5.41) is 4.01. The van der Waals surface area contributed by atoms with Gasteiger partial charge in [-0.1, -0.05) is 5.16 Å². The molecule has 0 saturated heterocycles. The molecule has 1 aromatic carbocycles. The quantitative estimate of drug-likeness (QED) is 0.694. The lowest BCUT2D eigenvalue weighted by atomic mass is 10.2. The van der Waals surface area contributed by atoms with Crippen molar-refractivity contribution in [2.75, 3.05) is 33.3 Å². The Hall–Kier alpha value is -2.41. The van der Waals surface area contributed by atoms with Crippen molar-refractivity contribution in [3.63, 3.8) is 0 Å². The zero-order valence-corrected chi connectivity index (χ0v) is 15.4. The summed E-state index contributed by atoms with van der Waals surface area (Å²) in [5.41, 5.74) is 0.861. The maximum absolute atomic E-state index is 12.1. The summed E-state index contributed by atoms with van der Waals surface area (Å²) in [7, 11) is 1.86. The molecule has 0 aliphatic heterocycles. The lowest BCUT2D eigenvalue weighted by molar-refractivity contribution is -0.131. The van der Waals surface area contributed by atoms with Crippen LogP contribution in [0, 0.1) is 0 Å². The van der Waals surface area contributed by atoms with E-state index in [2.05, 4.69) is 10.1 Å². The molecule has 0 spiro atoms. The average Bonchev–Trinajstić information content (AvgIpc) is 3.05. The van der Waals surface area contributed by atoms with Gasteiger partial charge in [0, 0.05) is 18.7 Å². The minimum absolute atomic E-state index is 0.0961. The zero-order chi connectivity index (χ0) is 18.2. The van der Waals surface area contributed by atoms with Crippen molar-refractivity contribution in [2.24, 2.45) is 0 Å². The second-order valence-corrected chi connectivity index (χ2v) is 5.71. The van der Waals surface area contributed by atoms with Crippen molar-refractivity contribution in [2.45, 2.75) is 27.3 Å². The number of aromatic nitrogens is 2. The number of carbonyl (C=O) groups is 1. The van der Waals surface area contributed by atoms with E-state index in [0.29, 0.717) is 44.5 Å². The molecule has 2 aromatic rings. The van der Waals surface area contributed by atoms with Gasteiger partial charge in [0.15, 0.2) is 0 Å². The first-order chi connectivity index (χ1) is 12.1. The lowest BCUT2D eigenvalue weighted by Gasteiger charge is -2.22. The monoisotopic (exact) mass is 346 g/mol. The minimum Gasteiger partial charge on any atom is -0.494 e. The fourth-order valence-corrected chi connectivity index (χ4v) is 2.50. The number of benzene rings is 1. The number of hydrogen-bond acceptors (Lipinski definition) is 6. The van der Waals surface area contributed by atoms with Gasteiger partial charge in [0.2, 0.25) is 17.6 Å². The maximum Gasteiger partial charge on any atom is 0.241 e. The summed E-state index contributed by atoms with van der Waals surface area (Å²) in [5.74, 6) is 1.92. The Labute approximate surface area is 148 Å². The van der Waals surface area contributed by atoms with Gasteiger partial charge in [-0.05, 0) is 52.1 Å². The van der Waals surface area contributed by atoms with E-state index >= 15 is 0 Å². The van der Waals surface area contributed by atoms with E-state index < -0.39 is 0 Å². The number of nitrogens with zero attached hydrogens (tertiary/aromatic N) is 4. The molecule has 0 saturated carbocycles. The van der Waals surface area contributed by atoms with Crippen LogP contribution in [0.1, 0.15) is 26.7 Å². The summed E-state index contributed by atoms with van der Waals surface area (Å²) < 4.78 is 10.7. The molecule has 7 nitrogen and oxygen atoms in total. The van der Waals surface area contributed by atoms with Crippen LogP contribution < -0.4 is 4.74 Å². The van der Waals surface area contributed by atoms with Crippen LogP contribution in [0.15, 0.2) is 28.8 Å². The molecule has 1 aromatic heterocycles. The van der Waals surface area contributed by atoms with E-state index in [-0.39, 0.29) is 5.91 Å². The molecule has 136 valence electrons. The Balaban J connectivity index is 1.95. The number of rotatable bonds is 9. The molecule has 0 radical (unpaired) electrons. The van der Waals surface area contributed by atoms with E-state index in [1.165, 1.54) is 0 Å². The van der Waals surface area contributed by atoms with Crippen molar-refractivity contribution in [3.05, 3.63) is 30.2 Å². The highest BCUT2D eigenvalue weighted by Gasteiger charge is 2.15. The fraction of sp³-hybridized carbons (Fsp3) is 0.500. The smallest absolute Gasteiger partial charge is 0.241 e. The van der Waals surface area contributed by atoms with E-state index in [1.54, 1.807) is 4.90 Å². The molecule has 0 unspecified atom stereocenters. The van der Waals surface area contributed by atoms with Gasteiger partial charge in [0.1, 0.15) is 5.75 Å². The third-order valence-electron chi connectivity index (χ3n) is 3.82. The van der Waals surface area contributed by atoms with Crippen LogP contribution in [-0.2, 0) is 11.3 Å². The molecule has 0 N–H and O–H groups in total. The van der Waals surface area contributed by atoms with Crippen LogP contribution in [0.25, 0.3) is 11.4 Å². The van der Waals surface area contributed by atoms with Gasteiger partial charge in [-0.25, -0.2) is 0 Å². The van der Waals surface area contributed by atoms with Crippen LogP contribution in [0.4, 0.5) is 0 Å². The molecule has 1 heterocycles. The Morgan fingerprint density at radius 1 is 1.16 bits per heavy atom. The van der Waals surface area contributed by atoms with Crippen molar-refractivity contribution < 1.29 is 14.1 Å². The topological polar surface area (TPSA) is 71.7 Å². The summed E-state index contributed by atoms with van der Waals surface area (Å²) in [6.45, 7) is 8.70. The van der Waals surface area contributed by atoms with Crippen LogP contribution in [0.3, 0.4) is 0 Å². The normalized spacial score (nSPS) is 10.9. The van der Waals surface area contributed by atoms with Gasteiger partial charge in [0.25, 0.3) is 0 Å². The molecule has 0 aliphatic rings. The first-order valence-corrected chi connectivity index (χ1v) is 8.59. The molecular weight excluding hydrogens is 320 g/mol. The fourth-order valence-electron chi connectivity index (χ4n) is 2.50. The second-order valence-electron chi connectivity index (χ2n) is 5.71. The lowest BCUT2D eigenvalue weighted by Crippen LogP contribution is -2.38. The largest absolute Gasteiger partial charge is 0.494 e. The summed E-state index contributed by atoms with van der Waals surface area (Å²) in [6.07, 6.45) is 0. The predicted molar refractivity (Wildman–Crippen MR) is 95.2 cm³/mol. The van der Waals surface area contributed by atoms with E-state index in [4.69, 9.17) is 9.26 Å². The maximum atomic E-state index is 12.1. The van der Waals surface area contributed by atoms with Crippen LogP contribution in [0.5, 0.6) is 5.75 Å². The van der Waals surface area contributed by atoms with Crippen LogP contribution in [-0.4, -0.2) is 59.1 Å². The molecule has 7 heteroatoms. The van der Waals surface area contributed by atoms with E-state index in [0.717, 1.165) is 11.3 Å². The Bertz CT molecular complexity index is 665. The number of hydrogen-bond donors (Lipinski definition) is 0.